The van der Waals surface area contributed by atoms with E-state index in [9.17, 15) is 10.1 Å². The average Bonchev–Trinajstić information content (AvgIpc) is 3.28. The fourth-order valence-corrected chi connectivity index (χ4v) is 2.94. The molecule has 0 saturated carbocycles. The summed E-state index contributed by atoms with van der Waals surface area (Å²) in [5.41, 5.74) is 4.15. The number of nitrogens with one attached hydrogen (secondary N) is 2. The van der Waals surface area contributed by atoms with E-state index in [1.165, 1.54) is 6.07 Å². The van der Waals surface area contributed by atoms with Crippen molar-refractivity contribution in [2.24, 2.45) is 0 Å². The van der Waals surface area contributed by atoms with E-state index >= 15 is 0 Å². The minimum absolute atomic E-state index is 0.0373. The summed E-state index contributed by atoms with van der Waals surface area (Å²) in [7, 11) is 0. The topological polar surface area (TPSA) is 110 Å². The van der Waals surface area contributed by atoms with Gasteiger partial charge in [0.05, 0.1) is 4.92 Å². The molecule has 1 heterocycles. The van der Waals surface area contributed by atoms with Crippen LogP contribution < -0.4 is 5.32 Å². The van der Waals surface area contributed by atoms with Gasteiger partial charge < -0.3 is 5.32 Å². The molecule has 28 heavy (non-hydrogen) atoms. The molecule has 8 nitrogen and oxygen atoms in total. The van der Waals surface area contributed by atoms with E-state index in [4.69, 9.17) is 0 Å². The van der Waals surface area contributed by atoms with E-state index in [0.29, 0.717) is 18.1 Å². The third-order valence-electron chi connectivity index (χ3n) is 4.33. The van der Waals surface area contributed by atoms with Crippen LogP contribution in [0.15, 0.2) is 72.8 Å². The first-order valence-electron chi connectivity index (χ1n) is 8.61. The molecule has 8 heteroatoms. The number of hydrogen-bond donors (Lipinski definition) is 2. The van der Waals surface area contributed by atoms with Crippen LogP contribution in [0.25, 0.3) is 22.5 Å². The molecule has 4 rings (SSSR count). The second kappa shape index (κ2) is 7.67. The zero-order chi connectivity index (χ0) is 19.3. The Morgan fingerprint density at radius 3 is 2.46 bits per heavy atom. The number of benzene rings is 3. The van der Waals surface area contributed by atoms with E-state index < -0.39 is 0 Å². The second-order valence-corrected chi connectivity index (χ2v) is 6.16. The predicted molar refractivity (Wildman–Crippen MR) is 105 cm³/mol. The lowest BCUT2D eigenvalue weighted by Crippen LogP contribution is -2.02. The zero-order valence-corrected chi connectivity index (χ0v) is 14.7. The second-order valence-electron chi connectivity index (χ2n) is 6.16. The molecule has 0 aliphatic heterocycles. The lowest BCUT2D eigenvalue weighted by atomic mass is 10.0. The van der Waals surface area contributed by atoms with Crippen LogP contribution in [0.4, 0.5) is 11.4 Å². The summed E-state index contributed by atoms with van der Waals surface area (Å²) in [6.07, 6.45) is 0. The summed E-state index contributed by atoms with van der Waals surface area (Å²) in [4.78, 5) is 11.0. The number of nitro groups is 1. The van der Waals surface area contributed by atoms with Gasteiger partial charge in [0.2, 0.25) is 0 Å². The van der Waals surface area contributed by atoms with Crippen molar-refractivity contribution >= 4 is 11.4 Å². The van der Waals surface area contributed by atoms with Crippen LogP contribution in [0.1, 0.15) is 5.56 Å². The van der Waals surface area contributed by atoms with Crippen molar-refractivity contribution in [1.29, 1.82) is 0 Å². The Morgan fingerprint density at radius 2 is 1.71 bits per heavy atom. The van der Waals surface area contributed by atoms with E-state index in [2.05, 4.69) is 25.9 Å². The molecule has 0 amide bonds. The van der Waals surface area contributed by atoms with Crippen LogP contribution in [0.2, 0.25) is 0 Å². The highest BCUT2D eigenvalue weighted by molar-refractivity contribution is 5.76. The molecule has 0 radical (unpaired) electrons. The Kier molecular flexibility index (Phi) is 4.75. The Labute approximate surface area is 160 Å². The van der Waals surface area contributed by atoms with Gasteiger partial charge in [0.1, 0.15) is 5.69 Å². The monoisotopic (exact) mass is 372 g/mol. The highest BCUT2D eigenvalue weighted by atomic mass is 16.6. The number of rotatable bonds is 6. The van der Waals surface area contributed by atoms with Crippen LogP contribution in [0.3, 0.4) is 0 Å². The average molecular weight is 372 g/mol. The molecule has 4 aromatic rings. The van der Waals surface area contributed by atoms with E-state index in [1.807, 2.05) is 54.6 Å². The van der Waals surface area contributed by atoms with Gasteiger partial charge in [-0.3, -0.25) is 10.1 Å². The van der Waals surface area contributed by atoms with Crippen molar-refractivity contribution in [2.75, 3.05) is 5.32 Å². The molecule has 3 aromatic carbocycles. The fourth-order valence-electron chi connectivity index (χ4n) is 2.94. The summed E-state index contributed by atoms with van der Waals surface area (Å²) in [5.74, 6) is 0.561. The Hall–Kier alpha value is -4.07. The predicted octanol–water partition coefficient (Wildman–Crippen LogP) is 4.05. The van der Waals surface area contributed by atoms with Crippen molar-refractivity contribution in [3.05, 3.63) is 88.5 Å². The molecule has 0 aliphatic rings. The van der Waals surface area contributed by atoms with Gasteiger partial charge in [-0.2, -0.15) is 0 Å². The zero-order valence-electron chi connectivity index (χ0n) is 14.7. The standard InChI is InChI=1S/C20H16N6O2/c27-26(28)19-10-9-16(12-18(19)21-13-14-5-2-1-3-6-14)15-7-4-8-17(11-15)20-22-24-25-23-20/h1-12,21H,13H2,(H,22,23,24,25). The van der Waals surface area contributed by atoms with Crippen LogP contribution >= 0.6 is 0 Å². The van der Waals surface area contributed by atoms with Gasteiger partial charge in [0.25, 0.3) is 5.69 Å². The Morgan fingerprint density at radius 1 is 0.929 bits per heavy atom. The molecule has 1 aromatic heterocycles. The minimum Gasteiger partial charge on any atom is -0.375 e. The quantitative estimate of drug-likeness (QED) is 0.390. The molecular weight excluding hydrogens is 356 g/mol. The van der Waals surface area contributed by atoms with Gasteiger partial charge in [-0.25, -0.2) is 5.10 Å². The van der Waals surface area contributed by atoms with Gasteiger partial charge >= 0.3 is 0 Å². The van der Waals surface area contributed by atoms with Crippen molar-refractivity contribution in [2.45, 2.75) is 6.54 Å². The summed E-state index contributed by atoms with van der Waals surface area (Å²) in [5, 5.41) is 28.5. The first kappa shape index (κ1) is 17.3. The Bertz CT molecular complexity index is 1100. The molecular formula is C20H16N6O2. The van der Waals surface area contributed by atoms with Crippen LogP contribution in [-0.2, 0) is 6.54 Å². The molecule has 0 atom stereocenters. The lowest BCUT2D eigenvalue weighted by Gasteiger charge is -2.10. The van der Waals surface area contributed by atoms with Gasteiger partial charge in [-0.05, 0) is 45.3 Å². The van der Waals surface area contributed by atoms with Crippen LogP contribution in [0, 0.1) is 10.1 Å². The Balaban J connectivity index is 1.67. The molecule has 0 spiro atoms. The highest BCUT2D eigenvalue weighted by Gasteiger charge is 2.15. The van der Waals surface area contributed by atoms with Crippen molar-refractivity contribution in [1.82, 2.24) is 20.6 Å². The maximum absolute atomic E-state index is 11.4. The largest absolute Gasteiger partial charge is 0.375 e. The first-order chi connectivity index (χ1) is 13.7. The number of H-pyrrole nitrogens is 1. The van der Waals surface area contributed by atoms with Gasteiger partial charge in [-0.15, -0.1) is 5.10 Å². The van der Waals surface area contributed by atoms with Gasteiger partial charge in [0, 0.05) is 18.2 Å². The third kappa shape index (κ3) is 3.70. The van der Waals surface area contributed by atoms with E-state index in [0.717, 1.165) is 22.3 Å². The molecule has 0 unspecified atom stereocenters. The summed E-state index contributed by atoms with van der Waals surface area (Å²) in [6, 6.07) is 22.5. The van der Waals surface area contributed by atoms with E-state index in [-0.39, 0.29) is 10.6 Å². The SMILES string of the molecule is O=[N+]([O-])c1ccc(-c2cccc(-c3nnn[nH]3)c2)cc1NCc1ccccc1. The van der Waals surface area contributed by atoms with Crippen molar-refractivity contribution < 1.29 is 4.92 Å². The van der Waals surface area contributed by atoms with Crippen molar-refractivity contribution in [3.8, 4) is 22.5 Å². The number of anilines is 1. The number of aromatic amines is 1. The molecule has 0 aliphatic carbocycles. The number of nitro benzene ring substituents is 1. The fraction of sp³-hybridized carbons (Fsp3) is 0.0500. The summed E-state index contributed by atoms with van der Waals surface area (Å²) < 4.78 is 0. The number of tetrazole rings is 1. The number of hydrogen-bond acceptors (Lipinski definition) is 6. The summed E-state index contributed by atoms with van der Waals surface area (Å²) in [6.45, 7) is 0.495. The van der Waals surface area contributed by atoms with Gasteiger partial charge in [-0.1, -0.05) is 48.5 Å². The van der Waals surface area contributed by atoms with Crippen LogP contribution in [0.5, 0.6) is 0 Å². The smallest absolute Gasteiger partial charge is 0.292 e. The maximum atomic E-state index is 11.4. The molecule has 0 fully saturated rings. The molecule has 138 valence electrons. The van der Waals surface area contributed by atoms with Crippen LogP contribution in [-0.4, -0.2) is 25.5 Å². The highest BCUT2D eigenvalue weighted by Crippen LogP contribution is 2.32. The van der Waals surface area contributed by atoms with Gasteiger partial charge in [0.15, 0.2) is 5.82 Å². The minimum atomic E-state index is -0.381. The normalized spacial score (nSPS) is 10.6. The van der Waals surface area contributed by atoms with Crippen molar-refractivity contribution in [3.63, 3.8) is 0 Å². The lowest BCUT2D eigenvalue weighted by molar-refractivity contribution is -0.384. The molecule has 0 bridgehead atoms. The molecule has 2 N–H and O–H groups in total. The molecule has 0 saturated heterocycles. The first-order valence-corrected chi connectivity index (χ1v) is 8.61. The number of nitrogens with zero attached hydrogens (tertiary/aromatic N) is 4. The third-order valence-corrected chi connectivity index (χ3v) is 4.33. The maximum Gasteiger partial charge on any atom is 0.292 e. The number of aromatic nitrogens is 4. The summed E-state index contributed by atoms with van der Waals surface area (Å²) >= 11 is 0. The van der Waals surface area contributed by atoms with E-state index in [1.54, 1.807) is 12.1 Å².